The molecule has 3 heterocycles. The summed E-state index contributed by atoms with van der Waals surface area (Å²) in [6.45, 7) is 4.83. The van der Waals surface area contributed by atoms with Crippen molar-refractivity contribution in [2.24, 2.45) is 0 Å². The summed E-state index contributed by atoms with van der Waals surface area (Å²) in [7, 11) is 0. The van der Waals surface area contributed by atoms with Crippen LogP contribution in [0.1, 0.15) is 47.4 Å². The molecule has 9 heteroatoms. The normalized spacial score (nSPS) is 15.7. The molecule has 186 valence electrons. The summed E-state index contributed by atoms with van der Waals surface area (Å²) in [4.78, 5) is 47.0. The lowest BCUT2D eigenvalue weighted by Crippen LogP contribution is -2.31. The van der Waals surface area contributed by atoms with Crippen LogP contribution >= 0.6 is 11.8 Å². The molecule has 0 aliphatic carbocycles. The molecule has 0 unspecified atom stereocenters. The van der Waals surface area contributed by atoms with Gasteiger partial charge in [0.15, 0.2) is 10.9 Å². The molecular formula is C27H28N4O4S. The van der Waals surface area contributed by atoms with Crippen molar-refractivity contribution in [3.8, 4) is 0 Å². The van der Waals surface area contributed by atoms with Gasteiger partial charge in [0.25, 0.3) is 11.5 Å². The Morgan fingerprint density at radius 3 is 2.83 bits per heavy atom. The van der Waals surface area contributed by atoms with Gasteiger partial charge in [-0.2, -0.15) is 0 Å². The Balaban J connectivity index is 1.49. The molecule has 0 saturated carbocycles. The molecule has 1 aliphatic rings. The highest BCUT2D eigenvalue weighted by Crippen LogP contribution is 2.25. The van der Waals surface area contributed by atoms with Crippen molar-refractivity contribution in [3.05, 3.63) is 70.1 Å². The van der Waals surface area contributed by atoms with Gasteiger partial charge in [0.1, 0.15) is 0 Å². The maximum atomic E-state index is 13.5. The third-order valence-corrected chi connectivity index (χ3v) is 7.21. The van der Waals surface area contributed by atoms with Gasteiger partial charge in [0, 0.05) is 40.9 Å². The lowest BCUT2D eigenvalue weighted by molar-refractivity contribution is 0.0936. The number of thioether (sulfide) groups is 1. The van der Waals surface area contributed by atoms with Crippen LogP contribution in [-0.4, -0.2) is 50.7 Å². The smallest absolute Gasteiger partial charge is 0.262 e. The number of aromatic amines is 1. The van der Waals surface area contributed by atoms with E-state index in [1.165, 1.54) is 11.8 Å². The van der Waals surface area contributed by atoms with Crippen molar-refractivity contribution in [3.63, 3.8) is 0 Å². The molecule has 5 rings (SSSR count). The van der Waals surface area contributed by atoms with E-state index in [0.29, 0.717) is 40.3 Å². The van der Waals surface area contributed by atoms with E-state index in [1.54, 1.807) is 29.0 Å². The molecule has 1 aliphatic heterocycles. The van der Waals surface area contributed by atoms with Crippen molar-refractivity contribution in [2.75, 3.05) is 12.4 Å². The number of Topliss-reactive ketones (excluding diaryl/α,β-unsaturated/α-hetero) is 1. The van der Waals surface area contributed by atoms with E-state index in [-0.39, 0.29) is 35.1 Å². The van der Waals surface area contributed by atoms with Gasteiger partial charge in [0.2, 0.25) is 0 Å². The van der Waals surface area contributed by atoms with Crippen molar-refractivity contribution < 1.29 is 14.3 Å². The van der Waals surface area contributed by atoms with E-state index in [0.717, 1.165) is 23.7 Å². The molecule has 0 spiro atoms. The van der Waals surface area contributed by atoms with Gasteiger partial charge in [-0.05, 0) is 51.0 Å². The Kier molecular flexibility index (Phi) is 6.93. The van der Waals surface area contributed by atoms with E-state index in [9.17, 15) is 14.4 Å². The standard InChI is InChI=1S/C27H28N4O4S/c1-16(2)29-25(33)17-9-10-20-23(12-17)30-27(31(26(20)34)14-18-6-5-11-35-18)36-15-24(32)21-13-28-22-8-4-3-7-19(21)22/h3-4,7-10,12-13,16,18,28H,5-6,11,14-15H2,1-2H3,(H,29,33)/t18-/m0/s1. The molecule has 1 amide bonds. The summed E-state index contributed by atoms with van der Waals surface area (Å²) in [6, 6.07) is 12.6. The van der Waals surface area contributed by atoms with Crippen molar-refractivity contribution in [1.82, 2.24) is 19.9 Å². The second kappa shape index (κ2) is 10.3. The number of rotatable bonds is 8. The number of carbonyl (C=O) groups is 2. The predicted molar refractivity (Wildman–Crippen MR) is 141 cm³/mol. The summed E-state index contributed by atoms with van der Waals surface area (Å²) >= 11 is 1.23. The SMILES string of the molecule is CC(C)NC(=O)c1ccc2c(=O)n(C[C@@H]3CCCO3)c(SCC(=O)c3c[nH]c4ccccc34)nc2c1. The van der Waals surface area contributed by atoms with Crippen LogP contribution in [0.2, 0.25) is 0 Å². The van der Waals surface area contributed by atoms with Crippen LogP contribution < -0.4 is 10.9 Å². The average Bonchev–Trinajstić information content (AvgIpc) is 3.54. The minimum absolute atomic E-state index is 0.0118. The van der Waals surface area contributed by atoms with E-state index >= 15 is 0 Å². The Morgan fingerprint density at radius 1 is 1.22 bits per heavy atom. The zero-order valence-electron chi connectivity index (χ0n) is 20.2. The topological polar surface area (TPSA) is 106 Å². The van der Waals surface area contributed by atoms with E-state index in [2.05, 4.69) is 10.3 Å². The first kappa shape index (κ1) is 24.3. The van der Waals surface area contributed by atoms with E-state index in [1.807, 2.05) is 38.1 Å². The summed E-state index contributed by atoms with van der Waals surface area (Å²) in [5.74, 6) is -0.153. The van der Waals surface area contributed by atoms with Crippen molar-refractivity contribution in [1.29, 1.82) is 0 Å². The molecule has 0 bridgehead atoms. The quantitative estimate of drug-likeness (QED) is 0.212. The lowest BCUT2D eigenvalue weighted by atomic mass is 10.1. The number of para-hydroxylation sites is 1. The number of hydrogen-bond donors (Lipinski definition) is 2. The summed E-state index contributed by atoms with van der Waals surface area (Å²) in [6.07, 6.45) is 3.48. The van der Waals surface area contributed by atoms with Crippen molar-refractivity contribution >= 4 is 45.3 Å². The van der Waals surface area contributed by atoms with Crippen LogP contribution in [0.3, 0.4) is 0 Å². The van der Waals surface area contributed by atoms with Crippen LogP contribution in [0.5, 0.6) is 0 Å². The van der Waals surface area contributed by atoms with Gasteiger partial charge in [0.05, 0.1) is 29.3 Å². The second-order valence-electron chi connectivity index (χ2n) is 9.27. The van der Waals surface area contributed by atoms with Gasteiger partial charge in [-0.15, -0.1) is 0 Å². The van der Waals surface area contributed by atoms with Crippen LogP contribution in [0.15, 0.2) is 58.6 Å². The third kappa shape index (κ3) is 4.94. The molecule has 2 N–H and O–H groups in total. The summed E-state index contributed by atoms with van der Waals surface area (Å²) in [5.41, 5.74) is 2.18. The fourth-order valence-corrected chi connectivity index (χ4v) is 5.35. The molecule has 1 saturated heterocycles. The Morgan fingerprint density at radius 2 is 2.06 bits per heavy atom. The first-order chi connectivity index (χ1) is 17.4. The molecule has 0 radical (unpaired) electrons. The minimum atomic E-state index is -0.221. The van der Waals surface area contributed by atoms with E-state index < -0.39 is 0 Å². The molecule has 2 aromatic carbocycles. The first-order valence-electron chi connectivity index (χ1n) is 12.1. The maximum absolute atomic E-state index is 13.5. The monoisotopic (exact) mass is 504 g/mol. The molecular weight excluding hydrogens is 476 g/mol. The van der Waals surface area contributed by atoms with Gasteiger partial charge >= 0.3 is 0 Å². The number of amides is 1. The molecule has 1 atom stereocenters. The Bertz CT molecular complexity index is 1500. The van der Waals surface area contributed by atoms with Gasteiger partial charge < -0.3 is 15.0 Å². The zero-order chi connectivity index (χ0) is 25.2. The number of H-pyrrole nitrogens is 1. The van der Waals surface area contributed by atoms with Gasteiger partial charge in [-0.1, -0.05) is 30.0 Å². The number of nitrogens with one attached hydrogen (secondary N) is 2. The maximum Gasteiger partial charge on any atom is 0.262 e. The van der Waals surface area contributed by atoms with E-state index in [4.69, 9.17) is 9.72 Å². The highest BCUT2D eigenvalue weighted by molar-refractivity contribution is 7.99. The molecule has 2 aromatic heterocycles. The van der Waals surface area contributed by atoms with Crippen LogP contribution in [0.4, 0.5) is 0 Å². The summed E-state index contributed by atoms with van der Waals surface area (Å²) in [5, 5.41) is 4.61. The number of fused-ring (bicyclic) bond motifs is 2. The number of carbonyl (C=O) groups excluding carboxylic acids is 2. The Hall–Kier alpha value is -3.43. The van der Waals surface area contributed by atoms with Gasteiger partial charge in [-0.3, -0.25) is 19.0 Å². The van der Waals surface area contributed by atoms with Crippen LogP contribution in [0, 0.1) is 0 Å². The molecule has 4 aromatic rings. The largest absolute Gasteiger partial charge is 0.376 e. The minimum Gasteiger partial charge on any atom is -0.376 e. The molecule has 8 nitrogen and oxygen atoms in total. The van der Waals surface area contributed by atoms with Crippen molar-refractivity contribution in [2.45, 2.75) is 50.5 Å². The number of nitrogens with zero attached hydrogens (tertiary/aromatic N) is 2. The summed E-state index contributed by atoms with van der Waals surface area (Å²) < 4.78 is 7.39. The number of aromatic nitrogens is 3. The Labute approximate surface area is 212 Å². The number of ketones is 1. The molecule has 1 fully saturated rings. The second-order valence-corrected chi connectivity index (χ2v) is 10.2. The first-order valence-corrected chi connectivity index (χ1v) is 13.1. The van der Waals surface area contributed by atoms with Crippen LogP contribution in [0.25, 0.3) is 21.8 Å². The van der Waals surface area contributed by atoms with Gasteiger partial charge in [-0.25, -0.2) is 4.98 Å². The molecule has 36 heavy (non-hydrogen) atoms. The number of hydrogen-bond acceptors (Lipinski definition) is 6. The zero-order valence-corrected chi connectivity index (χ0v) is 21.1. The number of benzene rings is 2. The van der Waals surface area contributed by atoms with Crippen LogP contribution in [-0.2, 0) is 11.3 Å². The lowest BCUT2D eigenvalue weighted by Gasteiger charge is -2.17. The highest BCUT2D eigenvalue weighted by atomic mass is 32.2. The number of ether oxygens (including phenoxy) is 1. The highest BCUT2D eigenvalue weighted by Gasteiger charge is 2.22. The third-order valence-electron chi connectivity index (χ3n) is 6.23. The average molecular weight is 505 g/mol. The fraction of sp³-hybridized carbons (Fsp3) is 0.333. The predicted octanol–water partition coefficient (Wildman–Crippen LogP) is 4.17. The fourth-order valence-electron chi connectivity index (χ4n) is 4.46.